The van der Waals surface area contributed by atoms with Gasteiger partial charge in [0.15, 0.2) is 9.84 Å². The van der Waals surface area contributed by atoms with Gasteiger partial charge in [0, 0.05) is 15.2 Å². The van der Waals surface area contributed by atoms with E-state index in [0.717, 1.165) is 9.99 Å². The fourth-order valence-corrected chi connectivity index (χ4v) is 4.00. The normalized spacial score (nSPS) is 22.4. The third-order valence-electron chi connectivity index (χ3n) is 2.90. The van der Waals surface area contributed by atoms with E-state index < -0.39 is 9.84 Å². The predicted molar refractivity (Wildman–Crippen MR) is 78.3 cm³/mol. The van der Waals surface area contributed by atoms with Gasteiger partial charge in [0.25, 0.3) is 5.91 Å². The first-order chi connectivity index (χ1) is 8.46. The zero-order chi connectivity index (χ0) is 13.2. The van der Waals surface area contributed by atoms with Crippen molar-refractivity contribution < 1.29 is 13.2 Å². The van der Waals surface area contributed by atoms with Crippen LogP contribution in [-0.2, 0) is 9.84 Å². The van der Waals surface area contributed by atoms with E-state index in [1.165, 1.54) is 0 Å². The molecule has 0 aromatic heterocycles. The topological polar surface area (TPSA) is 63.2 Å². The molecule has 1 fully saturated rings. The molecule has 6 heteroatoms. The van der Waals surface area contributed by atoms with Gasteiger partial charge < -0.3 is 5.32 Å². The molecule has 1 heterocycles. The summed E-state index contributed by atoms with van der Waals surface area (Å²) in [6.07, 6.45) is 1.36. The maximum atomic E-state index is 11.9. The molecule has 18 heavy (non-hydrogen) atoms. The molecule has 1 aliphatic rings. The van der Waals surface area contributed by atoms with Crippen LogP contribution < -0.4 is 5.32 Å². The van der Waals surface area contributed by atoms with Crippen molar-refractivity contribution in [3.63, 3.8) is 0 Å². The van der Waals surface area contributed by atoms with Crippen molar-refractivity contribution in [2.24, 2.45) is 0 Å². The van der Waals surface area contributed by atoms with E-state index in [9.17, 15) is 13.2 Å². The quantitative estimate of drug-likeness (QED) is 0.795. The van der Waals surface area contributed by atoms with Crippen LogP contribution in [0.4, 0.5) is 0 Å². The van der Waals surface area contributed by atoms with Crippen molar-refractivity contribution in [3.8, 4) is 0 Å². The average Bonchev–Trinajstić information content (AvgIpc) is 2.28. The number of rotatable bonds is 2. The molecule has 0 bridgehead atoms. The number of carbonyl (C=O) groups is 1. The minimum atomic E-state index is -2.98. The maximum absolute atomic E-state index is 11.9. The molecular formula is C12H14INO3S. The van der Waals surface area contributed by atoms with Gasteiger partial charge in [-0.15, -0.1) is 0 Å². The highest BCUT2D eigenvalue weighted by molar-refractivity contribution is 14.1. The van der Waals surface area contributed by atoms with Crippen LogP contribution in [0.1, 0.15) is 23.2 Å². The second-order valence-corrected chi connectivity index (χ2v) is 7.91. The van der Waals surface area contributed by atoms with Crippen molar-refractivity contribution >= 4 is 38.3 Å². The molecule has 4 nitrogen and oxygen atoms in total. The minimum Gasteiger partial charge on any atom is -0.348 e. The molecule has 1 unspecified atom stereocenters. The first kappa shape index (κ1) is 13.8. The number of amides is 1. The Hall–Kier alpha value is -0.630. The van der Waals surface area contributed by atoms with Gasteiger partial charge in [0.05, 0.1) is 11.5 Å². The molecule has 1 saturated heterocycles. The van der Waals surface area contributed by atoms with Crippen LogP contribution in [-0.4, -0.2) is 31.9 Å². The molecule has 1 N–H and O–H groups in total. The number of hydrogen-bond donors (Lipinski definition) is 1. The summed E-state index contributed by atoms with van der Waals surface area (Å²) in [5.41, 5.74) is 0.568. The molecule has 1 aromatic rings. The van der Waals surface area contributed by atoms with Gasteiger partial charge in [-0.05, 0) is 59.7 Å². The van der Waals surface area contributed by atoms with E-state index in [0.29, 0.717) is 12.0 Å². The summed E-state index contributed by atoms with van der Waals surface area (Å²) in [4.78, 5) is 11.9. The van der Waals surface area contributed by atoms with Crippen LogP contribution >= 0.6 is 22.6 Å². The fourth-order valence-electron chi connectivity index (χ4n) is 2.01. The van der Waals surface area contributed by atoms with E-state index in [1.54, 1.807) is 12.1 Å². The number of halogens is 1. The molecule has 98 valence electrons. The molecule has 1 amide bonds. The molecule has 0 spiro atoms. The second kappa shape index (κ2) is 5.56. The summed E-state index contributed by atoms with van der Waals surface area (Å²) < 4.78 is 24.0. The number of benzene rings is 1. The van der Waals surface area contributed by atoms with Crippen LogP contribution in [0.25, 0.3) is 0 Å². The molecule has 0 aliphatic carbocycles. The van der Waals surface area contributed by atoms with Gasteiger partial charge in [-0.25, -0.2) is 8.42 Å². The number of carbonyl (C=O) groups excluding carboxylic acids is 1. The van der Waals surface area contributed by atoms with Crippen molar-refractivity contribution in [2.75, 3.05) is 11.5 Å². The van der Waals surface area contributed by atoms with Crippen LogP contribution in [0.15, 0.2) is 24.3 Å². The Bertz CT molecular complexity index is 539. The molecule has 0 saturated carbocycles. The molecule has 0 radical (unpaired) electrons. The lowest BCUT2D eigenvalue weighted by molar-refractivity contribution is 0.0938. The molecule has 1 aliphatic heterocycles. The minimum absolute atomic E-state index is 0.0586. The highest BCUT2D eigenvalue weighted by Crippen LogP contribution is 2.13. The van der Waals surface area contributed by atoms with Crippen molar-refractivity contribution in [3.05, 3.63) is 33.4 Å². The zero-order valence-electron chi connectivity index (χ0n) is 9.73. The monoisotopic (exact) mass is 379 g/mol. The summed E-state index contributed by atoms with van der Waals surface area (Å²) in [6.45, 7) is 0. The van der Waals surface area contributed by atoms with Crippen LogP contribution in [0.2, 0.25) is 0 Å². The third kappa shape index (κ3) is 3.68. The van der Waals surface area contributed by atoms with Crippen molar-refractivity contribution in [1.82, 2.24) is 5.32 Å². The number of sulfone groups is 1. The Morgan fingerprint density at radius 2 is 1.94 bits per heavy atom. The van der Waals surface area contributed by atoms with Crippen LogP contribution in [0.5, 0.6) is 0 Å². The van der Waals surface area contributed by atoms with E-state index in [-0.39, 0.29) is 23.5 Å². The lowest BCUT2D eigenvalue weighted by Gasteiger charge is -2.23. The highest BCUT2D eigenvalue weighted by atomic mass is 127. The lowest BCUT2D eigenvalue weighted by atomic mass is 10.1. The molecular weight excluding hydrogens is 365 g/mol. The maximum Gasteiger partial charge on any atom is 0.251 e. The Morgan fingerprint density at radius 1 is 1.28 bits per heavy atom. The zero-order valence-corrected chi connectivity index (χ0v) is 12.7. The Labute approximate surface area is 120 Å². The van der Waals surface area contributed by atoms with Gasteiger partial charge in [-0.3, -0.25) is 4.79 Å². The summed E-state index contributed by atoms with van der Waals surface area (Å²) >= 11 is 2.17. The van der Waals surface area contributed by atoms with Crippen LogP contribution in [0.3, 0.4) is 0 Å². The molecule has 2 rings (SSSR count). The van der Waals surface area contributed by atoms with E-state index in [1.807, 2.05) is 12.1 Å². The lowest BCUT2D eigenvalue weighted by Crippen LogP contribution is -2.43. The SMILES string of the molecule is O=C(NC1CCCS(=O)(=O)C1)c1ccc(I)cc1. The molecule has 1 aromatic carbocycles. The predicted octanol–water partition coefficient (Wildman–Crippen LogP) is 1.60. The highest BCUT2D eigenvalue weighted by Gasteiger charge is 2.25. The number of nitrogens with one attached hydrogen (secondary N) is 1. The molecule has 1 atom stereocenters. The Kier molecular flexibility index (Phi) is 4.26. The standard InChI is InChI=1S/C12H14INO3S/c13-10-5-3-9(4-6-10)12(15)14-11-2-1-7-18(16,17)8-11/h3-6,11H,1-2,7-8H2,(H,14,15). The van der Waals surface area contributed by atoms with Gasteiger partial charge in [-0.1, -0.05) is 0 Å². The third-order valence-corrected chi connectivity index (χ3v) is 5.44. The number of hydrogen-bond acceptors (Lipinski definition) is 3. The van der Waals surface area contributed by atoms with E-state index in [2.05, 4.69) is 27.9 Å². The van der Waals surface area contributed by atoms with Crippen molar-refractivity contribution in [1.29, 1.82) is 0 Å². The smallest absolute Gasteiger partial charge is 0.251 e. The largest absolute Gasteiger partial charge is 0.348 e. The van der Waals surface area contributed by atoms with Crippen molar-refractivity contribution in [2.45, 2.75) is 18.9 Å². The summed E-state index contributed by atoms with van der Waals surface area (Å²) in [5, 5.41) is 2.79. The summed E-state index contributed by atoms with van der Waals surface area (Å²) in [5.74, 6) is 0.0972. The van der Waals surface area contributed by atoms with Crippen LogP contribution in [0, 0.1) is 3.57 Å². The Balaban J connectivity index is 2.01. The fraction of sp³-hybridized carbons (Fsp3) is 0.417. The van der Waals surface area contributed by atoms with Gasteiger partial charge in [0.1, 0.15) is 0 Å². The average molecular weight is 379 g/mol. The Morgan fingerprint density at radius 3 is 2.56 bits per heavy atom. The van der Waals surface area contributed by atoms with E-state index >= 15 is 0 Å². The summed E-state index contributed by atoms with van der Waals surface area (Å²) in [7, 11) is -2.98. The van der Waals surface area contributed by atoms with Gasteiger partial charge >= 0.3 is 0 Å². The van der Waals surface area contributed by atoms with Gasteiger partial charge in [-0.2, -0.15) is 0 Å². The van der Waals surface area contributed by atoms with E-state index in [4.69, 9.17) is 0 Å². The first-order valence-corrected chi connectivity index (χ1v) is 8.63. The summed E-state index contributed by atoms with van der Waals surface area (Å²) in [6, 6.07) is 6.94. The first-order valence-electron chi connectivity index (χ1n) is 5.73. The van der Waals surface area contributed by atoms with Gasteiger partial charge in [0.2, 0.25) is 0 Å². The second-order valence-electron chi connectivity index (χ2n) is 4.43.